The third kappa shape index (κ3) is 5.05. The van der Waals surface area contributed by atoms with Crippen LogP contribution in [0.1, 0.15) is 33.5 Å². The van der Waals surface area contributed by atoms with E-state index in [1.54, 1.807) is 12.1 Å². The number of amides is 1. The molecule has 2 N–H and O–H groups in total. The molecular formula is C24H27N3O2. The molecule has 2 aromatic carbocycles. The first-order valence-electron chi connectivity index (χ1n) is 9.86. The molecule has 0 radical (unpaired) electrons. The van der Waals surface area contributed by atoms with Crippen LogP contribution in [0.3, 0.4) is 0 Å². The van der Waals surface area contributed by atoms with Crippen molar-refractivity contribution in [2.45, 2.75) is 27.7 Å². The minimum absolute atomic E-state index is 0.140. The van der Waals surface area contributed by atoms with Gasteiger partial charge in [0.05, 0.1) is 0 Å². The molecule has 3 rings (SSSR count). The van der Waals surface area contributed by atoms with Crippen molar-refractivity contribution in [2.75, 3.05) is 18.0 Å². The summed E-state index contributed by atoms with van der Waals surface area (Å²) in [5, 5.41) is 11.2. The van der Waals surface area contributed by atoms with Crippen LogP contribution in [0.2, 0.25) is 0 Å². The molecule has 1 aromatic heterocycles. The quantitative estimate of drug-likeness (QED) is 0.454. The van der Waals surface area contributed by atoms with Crippen molar-refractivity contribution in [1.82, 2.24) is 0 Å². The smallest absolute Gasteiger partial charge is 0.259 e. The predicted octanol–water partition coefficient (Wildman–Crippen LogP) is 5.36. The number of hydrogen-bond acceptors (Lipinski definition) is 4. The molecule has 150 valence electrons. The van der Waals surface area contributed by atoms with Crippen LogP contribution in [-0.4, -0.2) is 19.0 Å². The number of fused-ring (bicyclic) bond motifs is 1. The molecule has 0 unspecified atom stereocenters. The Balaban J connectivity index is 0.00000145. The summed E-state index contributed by atoms with van der Waals surface area (Å²) in [5.41, 5.74) is 7.15. The third-order valence-corrected chi connectivity index (χ3v) is 4.54. The molecule has 0 aliphatic heterocycles. The van der Waals surface area contributed by atoms with Gasteiger partial charge in [0.15, 0.2) is 0 Å². The van der Waals surface area contributed by atoms with Crippen molar-refractivity contribution in [1.29, 1.82) is 5.26 Å². The second-order valence-electron chi connectivity index (χ2n) is 6.15. The summed E-state index contributed by atoms with van der Waals surface area (Å²) in [6.07, 6.45) is 1.35. The second kappa shape index (κ2) is 10.1. The molecule has 0 atom stereocenters. The number of benzene rings is 2. The maximum atomic E-state index is 11.2. The van der Waals surface area contributed by atoms with E-state index in [4.69, 9.17) is 15.4 Å². The lowest BCUT2D eigenvalue weighted by atomic mass is 10.0. The Morgan fingerprint density at radius 2 is 1.72 bits per heavy atom. The van der Waals surface area contributed by atoms with Gasteiger partial charge in [-0.2, -0.15) is 5.26 Å². The minimum atomic E-state index is -0.773. The molecule has 1 heterocycles. The number of anilines is 1. The van der Waals surface area contributed by atoms with E-state index in [1.807, 2.05) is 26.0 Å². The molecular weight excluding hydrogens is 362 g/mol. The number of nitrogens with two attached hydrogens (primary N) is 1. The van der Waals surface area contributed by atoms with Gasteiger partial charge in [0.2, 0.25) is 0 Å². The van der Waals surface area contributed by atoms with Crippen LogP contribution in [-0.2, 0) is 4.79 Å². The minimum Gasteiger partial charge on any atom is -0.457 e. The summed E-state index contributed by atoms with van der Waals surface area (Å²) < 4.78 is 5.75. The van der Waals surface area contributed by atoms with Crippen LogP contribution in [0, 0.1) is 11.3 Å². The van der Waals surface area contributed by atoms with Crippen LogP contribution in [0.25, 0.3) is 28.2 Å². The van der Waals surface area contributed by atoms with E-state index in [2.05, 4.69) is 49.1 Å². The Kier molecular flexibility index (Phi) is 7.62. The highest BCUT2D eigenvalue weighted by Crippen LogP contribution is 2.29. The van der Waals surface area contributed by atoms with Crippen LogP contribution in [0.4, 0.5) is 5.69 Å². The Hall–Kier alpha value is -3.52. The number of carbonyl (C=O) groups excluding carboxylic acids is 1. The van der Waals surface area contributed by atoms with E-state index in [0.717, 1.165) is 29.4 Å². The largest absolute Gasteiger partial charge is 0.457 e. The molecule has 1 amide bonds. The number of carbonyl (C=O) groups is 1. The third-order valence-electron chi connectivity index (χ3n) is 4.54. The number of rotatable bonds is 6. The topological polar surface area (TPSA) is 83.3 Å². The van der Waals surface area contributed by atoms with E-state index < -0.39 is 5.91 Å². The SMILES string of the molecule is CC.CCN(CC)c1ccc2cc(-c3ccc(/C=C(\C#N)C(N)=O)o3)ccc2c1. The Labute approximate surface area is 172 Å². The number of nitriles is 1. The van der Waals surface area contributed by atoms with Crippen molar-refractivity contribution >= 4 is 28.4 Å². The standard InChI is InChI=1S/C22H21N3O2.C2H6/c1-3-25(4-2)19-8-7-15-11-17(6-5-16(15)12-19)21-10-9-20(27-21)13-18(14-23)22(24)26;1-2/h5-13H,3-4H2,1-2H3,(H2,24,26);1-2H3/b18-13+;. The first-order chi connectivity index (χ1) is 14.0. The molecule has 0 aliphatic carbocycles. The van der Waals surface area contributed by atoms with Gasteiger partial charge in [-0.1, -0.05) is 32.0 Å². The van der Waals surface area contributed by atoms with Crippen molar-refractivity contribution < 1.29 is 9.21 Å². The van der Waals surface area contributed by atoms with Crippen LogP contribution in [0.15, 0.2) is 58.5 Å². The highest BCUT2D eigenvalue weighted by atomic mass is 16.3. The fourth-order valence-corrected chi connectivity index (χ4v) is 3.06. The molecule has 0 fully saturated rings. The highest BCUT2D eigenvalue weighted by molar-refractivity contribution is 6.00. The van der Waals surface area contributed by atoms with E-state index in [-0.39, 0.29) is 5.57 Å². The second-order valence-corrected chi connectivity index (χ2v) is 6.15. The zero-order chi connectivity index (χ0) is 21.4. The molecule has 0 saturated heterocycles. The normalized spacial score (nSPS) is 10.8. The molecule has 29 heavy (non-hydrogen) atoms. The predicted molar refractivity (Wildman–Crippen MR) is 119 cm³/mol. The van der Waals surface area contributed by atoms with E-state index in [1.165, 1.54) is 11.8 Å². The van der Waals surface area contributed by atoms with Gasteiger partial charge >= 0.3 is 0 Å². The summed E-state index contributed by atoms with van der Waals surface area (Å²) in [5.74, 6) is 0.306. The van der Waals surface area contributed by atoms with Gasteiger partial charge in [0.25, 0.3) is 5.91 Å². The molecule has 0 spiro atoms. The summed E-state index contributed by atoms with van der Waals surface area (Å²) in [7, 11) is 0. The summed E-state index contributed by atoms with van der Waals surface area (Å²) in [4.78, 5) is 13.5. The first kappa shape index (κ1) is 21.8. The monoisotopic (exact) mass is 389 g/mol. The number of furan rings is 1. The van der Waals surface area contributed by atoms with Crippen LogP contribution >= 0.6 is 0 Å². The summed E-state index contributed by atoms with van der Waals surface area (Å²) in [6, 6.07) is 17.8. The van der Waals surface area contributed by atoms with Gasteiger partial charge in [-0.15, -0.1) is 0 Å². The molecule has 5 nitrogen and oxygen atoms in total. The number of nitrogens with zero attached hydrogens (tertiary/aromatic N) is 2. The fourth-order valence-electron chi connectivity index (χ4n) is 3.06. The average molecular weight is 389 g/mol. The van der Waals surface area contributed by atoms with Crippen molar-refractivity contribution in [3.8, 4) is 17.4 Å². The van der Waals surface area contributed by atoms with Crippen molar-refractivity contribution in [2.24, 2.45) is 5.73 Å². The summed E-state index contributed by atoms with van der Waals surface area (Å²) >= 11 is 0. The van der Waals surface area contributed by atoms with E-state index >= 15 is 0 Å². The molecule has 5 heteroatoms. The number of primary amides is 1. The van der Waals surface area contributed by atoms with Crippen molar-refractivity contribution in [3.05, 3.63) is 59.9 Å². The maximum Gasteiger partial charge on any atom is 0.259 e. The van der Waals surface area contributed by atoms with E-state index in [9.17, 15) is 4.79 Å². The summed E-state index contributed by atoms with van der Waals surface area (Å²) in [6.45, 7) is 10.2. The molecule has 0 bridgehead atoms. The van der Waals surface area contributed by atoms with Gasteiger partial charge < -0.3 is 15.1 Å². The lowest BCUT2D eigenvalue weighted by Gasteiger charge is -2.21. The van der Waals surface area contributed by atoms with Gasteiger partial charge in [0, 0.05) is 30.4 Å². The maximum absolute atomic E-state index is 11.2. The zero-order valence-electron chi connectivity index (χ0n) is 17.4. The lowest BCUT2D eigenvalue weighted by molar-refractivity contribution is -0.114. The number of hydrogen-bond donors (Lipinski definition) is 1. The molecule has 3 aromatic rings. The Morgan fingerprint density at radius 1 is 1.07 bits per heavy atom. The molecule has 0 aliphatic rings. The highest BCUT2D eigenvalue weighted by Gasteiger charge is 2.09. The average Bonchev–Trinajstić information content (AvgIpc) is 3.22. The van der Waals surface area contributed by atoms with Gasteiger partial charge in [-0.25, -0.2) is 0 Å². The zero-order valence-corrected chi connectivity index (χ0v) is 17.4. The molecule has 0 saturated carbocycles. The van der Waals surface area contributed by atoms with E-state index in [0.29, 0.717) is 11.5 Å². The Bertz CT molecular complexity index is 1050. The Morgan fingerprint density at radius 3 is 2.34 bits per heavy atom. The van der Waals surface area contributed by atoms with Gasteiger partial charge in [0.1, 0.15) is 23.2 Å². The van der Waals surface area contributed by atoms with Crippen LogP contribution < -0.4 is 10.6 Å². The first-order valence-corrected chi connectivity index (χ1v) is 9.86. The van der Waals surface area contributed by atoms with Crippen molar-refractivity contribution in [3.63, 3.8) is 0 Å². The van der Waals surface area contributed by atoms with Gasteiger partial charge in [-0.05, 0) is 55.0 Å². The fraction of sp³-hybridized carbons (Fsp3) is 0.250. The lowest BCUT2D eigenvalue weighted by Crippen LogP contribution is -2.21. The van der Waals surface area contributed by atoms with Gasteiger partial charge in [-0.3, -0.25) is 4.79 Å². The van der Waals surface area contributed by atoms with Crippen LogP contribution in [0.5, 0.6) is 0 Å².